The third-order valence-corrected chi connectivity index (χ3v) is 6.16. The quantitative estimate of drug-likeness (QED) is 0.391. The second kappa shape index (κ2) is 9.46. The summed E-state index contributed by atoms with van der Waals surface area (Å²) in [7, 11) is 1.62. The molecule has 0 bridgehead atoms. The highest BCUT2D eigenvalue weighted by atomic mass is 16.5. The number of rotatable bonds is 6. The molecule has 4 aromatic rings. The van der Waals surface area contributed by atoms with Crippen molar-refractivity contribution in [1.29, 1.82) is 0 Å². The molecule has 1 unspecified atom stereocenters. The predicted octanol–water partition coefficient (Wildman–Crippen LogP) is 5.75. The van der Waals surface area contributed by atoms with Crippen molar-refractivity contribution in [3.05, 3.63) is 107 Å². The number of amides is 2. The van der Waals surface area contributed by atoms with Gasteiger partial charge in [0.1, 0.15) is 5.75 Å². The van der Waals surface area contributed by atoms with Crippen LogP contribution in [0.2, 0.25) is 0 Å². The second-order valence-corrected chi connectivity index (χ2v) is 8.52. The fourth-order valence-electron chi connectivity index (χ4n) is 4.30. The van der Waals surface area contributed by atoms with E-state index in [4.69, 9.17) is 14.2 Å². The maximum Gasteiger partial charge on any atom is 0.322 e. The topological polar surface area (TPSA) is 80.5 Å². The van der Waals surface area contributed by atoms with Gasteiger partial charge in [-0.1, -0.05) is 71.4 Å². The van der Waals surface area contributed by atoms with Gasteiger partial charge < -0.3 is 14.6 Å². The molecule has 0 aliphatic carbocycles. The zero-order valence-corrected chi connectivity index (χ0v) is 19.9. The minimum absolute atomic E-state index is 0.186. The Labute approximate surface area is 204 Å². The Morgan fingerprint density at radius 1 is 1.00 bits per heavy atom. The Kier molecular flexibility index (Phi) is 6.06. The van der Waals surface area contributed by atoms with Gasteiger partial charge in [-0.15, -0.1) is 0 Å². The third-order valence-electron chi connectivity index (χ3n) is 6.16. The number of allylic oxidation sites excluding steroid dienone is 1. The lowest BCUT2D eigenvalue weighted by molar-refractivity contribution is 0.203. The molecule has 7 heteroatoms. The van der Waals surface area contributed by atoms with Crippen LogP contribution in [-0.4, -0.2) is 28.2 Å². The average molecular weight is 467 g/mol. The van der Waals surface area contributed by atoms with E-state index < -0.39 is 6.04 Å². The largest absolute Gasteiger partial charge is 0.497 e. The van der Waals surface area contributed by atoms with E-state index in [-0.39, 0.29) is 6.03 Å². The Bertz CT molecular complexity index is 1380. The van der Waals surface area contributed by atoms with Crippen LogP contribution in [0.5, 0.6) is 5.75 Å². The van der Waals surface area contributed by atoms with E-state index in [9.17, 15) is 4.79 Å². The summed E-state index contributed by atoms with van der Waals surface area (Å²) in [6.07, 6.45) is 0. The van der Waals surface area contributed by atoms with E-state index in [2.05, 4.69) is 10.5 Å². The van der Waals surface area contributed by atoms with Gasteiger partial charge in [0.05, 0.1) is 25.3 Å². The second-order valence-electron chi connectivity index (χ2n) is 8.52. The van der Waals surface area contributed by atoms with Gasteiger partial charge in [0.2, 0.25) is 5.82 Å². The molecule has 2 amide bonds. The molecule has 5 rings (SSSR count). The van der Waals surface area contributed by atoms with Crippen molar-refractivity contribution >= 4 is 11.6 Å². The summed E-state index contributed by atoms with van der Waals surface area (Å²) in [5.41, 5.74) is 5.42. The van der Waals surface area contributed by atoms with Gasteiger partial charge in [-0.3, -0.25) is 4.90 Å². The molecule has 1 N–H and O–H groups in total. The molecular formula is C28H26N4O3. The van der Waals surface area contributed by atoms with E-state index in [0.717, 1.165) is 39.3 Å². The van der Waals surface area contributed by atoms with E-state index >= 15 is 0 Å². The van der Waals surface area contributed by atoms with Crippen LogP contribution < -0.4 is 10.1 Å². The molecule has 1 aliphatic heterocycles. The summed E-state index contributed by atoms with van der Waals surface area (Å²) in [6.45, 7) is 4.37. The van der Waals surface area contributed by atoms with Crippen LogP contribution in [0.25, 0.3) is 17.0 Å². The summed E-state index contributed by atoms with van der Waals surface area (Å²) >= 11 is 0. The molecule has 3 aromatic carbocycles. The van der Waals surface area contributed by atoms with Gasteiger partial charge in [0, 0.05) is 11.3 Å². The van der Waals surface area contributed by atoms with Gasteiger partial charge in [-0.05, 0) is 43.2 Å². The Morgan fingerprint density at radius 3 is 2.49 bits per heavy atom. The van der Waals surface area contributed by atoms with Gasteiger partial charge in [0.25, 0.3) is 5.89 Å². The van der Waals surface area contributed by atoms with Crippen molar-refractivity contribution in [2.24, 2.45) is 0 Å². The normalized spacial score (nSPS) is 15.8. The summed E-state index contributed by atoms with van der Waals surface area (Å²) in [5, 5.41) is 7.39. The zero-order valence-electron chi connectivity index (χ0n) is 19.9. The number of nitrogens with one attached hydrogen (secondary N) is 1. The molecule has 0 fully saturated rings. The molecule has 1 aromatic heterocycles. The highest BCUT2D eigenvalue weighted by molar-refractivity contribution is 5.87. The fraction of sp³-hybridized carbons (Fsp3) is 0.179. The molecule has 35 heavy (non-hydrogen) atoms. The molecule has 2 heterocycles. The minimum Gasteiger partial charge on any atom is -0.497 e. The minimum atomic E-state index is -0.453. The van der Waals surface area contributed by atoms with E-state index in [0.29, 0.717) is 18.3 Å². The van der Waals surface area contributed by atoms with Gasteiger partial charge in [-0.25, -0.2) is 4.79 Å². The summed E-state index contributed by atoms with van der Waals surface area (Å²) in [6, 6.07) is 24.8. The molecule has 176 valence electrons. The summed E-state index contributed by atoms with van der Waals surface area (Å²) in [5.74, 6) is 1.62. The molecule has 1 atom stereocenters. The number of methoxy groups -OCH3 is 1. The number of carbonyl (C=O) groups excluding carboxylic acids is 1. The number of aromatic nitrogens is 2. The lowest BCUT2D eigenvalue weighted by atomic mass is 9.94. The summed E-state index contributed by atoms with van der Waals surface area (Å²) < 4.78 is 11.1. The number of benzene rings is 3. The van der Waals surface area contributed by atoms with Crippen LogP contribution >= 0.6 is 0 Å². The Balaban J connectivity index is 1.59. The van der Waals surface area contributed by atoms with Crippen LogP contribution in [0.15, 0.2) is 89.1 Å². The SMILES string of the molecule is COc1ccc(C2NC(=O)N(Cc3ccccc3)C(C)=C2c2nc(-c3cccc(C)c3)no2)cc1. The number of urea groups is 1. The third kappa shape index (κ3) is 4.53. The maximum atomic E-state index is 13.2. The van der Waals surface area contributed by atoms with Gasteiger partial charge in [-0.2, -0.15) is 4.98 Å². The van der Waals surface area contributed by atoms with Crippen molar-refractivity contribution in [3.63, 3.8) is 0 Å². The molecular weight excluding hydrogens is 440 g/mol. The number of nitrogens with zero attached hydrogens (tertiary/aromatic N) is 3. The summed E-state index contributed by atoms with van der Waals surface area (Å²) in [4.78, 5) is 19.7. The fourth-order valence-corrected chi connectivity index (χ4v) is 4.30. The van der Waals surface area contributed by atoms with Crippen LogP contribution in [-0.2, 0) is 6.54 Å². The molecule has 0 spiro atoms. The van der Waals surface area contributed by atoms with Crippen LogP contribution in [0.4, 0.5) is 4.79 Å². The first-order valence-corrected chi connectivity index (χ1v) is 11.4. The van der Waals surface area contributed by atoms with Crippen molar-refractivity contribution in [1.82, 2.24) is 20.4 Å². The number of aryl methyl sites for hydroxylation is 1. The van der Waals surface area contributed by atoms with Crippen molar-refractivity contribution in [2.45, 2.75) is 26.4 Å². The monoisotopic (exact) mass is 466 g/mol. The molecule has 0 saturated heterocycles. The first-order valence-electron chi connectivity index (χ1n) is 11.4. The lowest BCUT2D eigenvalue weighted by Crippen LogP contribution is -2.45. The van der Waals surface area contributed by atoms with Gasteiger partial charge >= 0.3 is 6.03 Å². The first kappa shape index (κ1) is 22.4. The zero-order chi connectivity index (χ0) is 24.4. The number of carbonyl (C=O) groups is 1. The molecule has 7 nitrogen and oxygen atoms in total. The number of ether oxygens (including phenoxy) is 1. The highest BCUT2D eigenvalue weighted by Gasteiger charge is 2.35. The van der Waals surface area contributed by atoms with Crippen molar-refractivity contribution in [3.8, 4) is 17.1 Å². The first-order chi connectivity index (χ1) is 17.0. The lowest BCUT2D eigenvalue weighted by Gasteiger charge is -2.35. The smallest absolute Gasteiger partial charge is 0.322 e. The average Bonchev–Trinajstić information content (AvgIpc) is 3.37. The standard InChI is InChI=1S/C28H26N4O3/c1-18-8-7-11-22(16-18)26-30-27(35-31-26)24-19(2)32(17-20-9-5-4-6-10-20)28(33)29-25(24)21-12-14-23(34-3)15-13-21/h4-16,25H,17H2,1-3H3,(H,29,33). The maximum absolute atomic E-state index is 13.2. The van der Waals surface area contributed by atoms with E-state index in [1.165, 1.54) is 0 Å². The van der Waals surface area contributed by atoms with Crippen molar-refractivity contribution < 1.29 is 14.1 Å². The van der Waals surface area contributed by atoms with Crippen molar-refractivity contribution in [2.75, 3.05) is 7.11 Å². The van der Waals surface area contributed by atoms with Crippen LogP contribution in [0.1, 0.15) is 35.5 Å². The Morgan fingerprint density at radius 2 is 1.77 bits per heavy atom. The van der Waals surface area contributed by atoms with Crippen LogP contribution in [0, 0.1) is 6.92 Å². The van der Waals surface area contributed by atoms with E-state index in [1.807, 2.05) is 92.7 Å². The van der Waals surface area contributed by atoms with Crippen LogP contribution in [0.3, 0.4) is 0 Å². The van der Waals surface area contributed by atoms with Gasteiger partial charge in [0.15, 0.2) is 0 Å². The number of hydrogen-bond donors (Lipinski definition) is 1. The van der Waals surface area contributed by atoms with E-state index in [1.54, 1.807) is 12.0 Å². The number of hydrogen-bond acceptors (Lipinski definition) is 5. The molecule has 0 radical (unpaired) electrons. The molecule has 1 aliphatic rings. The highest BCUT2D eigenvalue weighted by Crippen LogP contribution is 2.38. The Hall–Kier alpha value is -4.39. The molecule has 0 saturated carbocycles. The predicted molar refractivity (Wildman–Crippen MR) is 133 cm³/mol.